The number of ketones is 2. The molecule has 0 aliphatic heterocycles. The second-order valence-corrected chi connectivity index (χ2v) is 5.76. The van der Waals surface area contributed by atoms with Crippen molar-refractivity contribution in [3.8, 4) is 11.5 Å². The number of esters is 1. The quantitative estimate of drug-likeness (QED) is 0.500. The smallest absolute Gasteiger partial charge is 0.303 e. The molecule has 126 valence electrons. The van der Waals surface area contributed by atoms with E-state index in [1.165, 1.54) is 6.92 Å². The zero-order valence-corrected chi connectivity index (χ0v) is 13.6. The molecule has 0 unspecified atom stereocenters. The van der Waals surface area contributed by atoms with Gasteiger partial charge in [0.15, 0.2) is 11.6 Å². The highest BCUT2D eigenvalue weighted by atomic mass is 16.5. The van der Waals surface area contributed by atoms with E-state index in [0.29, 0.717) is 0 Å². The van der Waals surface area contributed by atoms with E-state index in [2.05, 4.69) is 0 Å². The van der Waals surface area contributed by atoms with Crippen LogP contribution < -0.4 is 0 Å². The van der Waals surface area contributed by atoms with Crippen LogP contribution in [0.25, 0.3) is 0 Å². The largest absolute Gasteiger partial charge is 0.507 e. The highest BCUT2D eigenvalue weighted by molar-refractivity contribution is 6.24. The fourth-order valence-electron chi connectivity index (χ4n) is 2.51. The van der Waals surface area contributed by atoms with Crippen LogP contribution in [0.15, 0.2) is 29.9 Å². The van der Waals surface area contributed by atoms with Crippen molar-refractivity contribution in [3.63, 3.8) is 0 Å². The van der Waals surface area contributed by atoms with Crippen LogP contribution in [-0.4, -0.2) is 27.7 Å². The lowest BCUT2D eigenvalue weighted by atomic mass is 9.89. The summed E-state index contributed by atoms with van der Waals surface area (Å²) in [6, 6.07) is 1.16. The van der Waals surface area contributed by atoms with E-state index in [1.54, 1.807) is 6.08 Å². The topological polar surface area (TPSA) is 101 Å². The minimum atomic E-state index is -0.887. The van der Waals surface area contributed by atoms with Gasteiger partial charge >= 0.3 is 5.97 Å². The predicted molar refractivity (Wildman–Crippen MR) is 86.1 cm³/mol. The van der Waals surface area contributed by atoms with Crippen LogP contribution in [0.1, 0.15) is 59.6 Å². The molecule has 0 aromatic heterocycles. The number of phenolic OH excluding ortho intramolecular Hbond substituents is 2. The summed E-state index contributed by atoms with van der Waals surface area (Å²) in [4.78, 5) is 35.3. The summed E-state index contributed by atoms with van der Waals surface area (Å²) in [5, 5.41) is 20.6. The van der Waals surface area contributed by atoms with Gasteiger partial charge in [-0.1, -0.05) is 11.6 Å². The number of hydrogen-bond donors (Lipinski definition) is 2. The second-order valence-electron chi connectivity index (χ2n) is 5.76. The number of hydrogen-bond acceptors (Lipinski definition) is 6. The molecule has 0 bridgehead atoms. The van der Waals surface area contributed by atoms with Gasteiger partial charge in [-0.3, -0.25) is 14.4 Å². The van der Waals surface area contributed by atoms with Gasteiger partial charge in [-0.15, -0.1) is 0 Å². The average molecular weight is 330 g/mol. The maximum Gasteiger partial charge on any atom is 0.303 e. The monoisotopic (exact) mass is 330 g/mol. The summed E-state index contributed by atoms with van der Waals surface area (Å²) >= 11 is 0. The van der Waals surface area contributed by atoms with Crippen molar-refractivity contribution in [2.45, 2.75) is 33.3 Å². The number of carbonyl (C=O) groups is 3. The number of carbonyl (C=O) groups excluding carboxylic acids is 3. The Hall–Kier alpha value is -2.89. The van der Waals surface area contributed by atoms with Crippen LogP contribution in [0.5, 0.6) is 11.5 Å². The maximum absolute atomic E-state index is 12.0. The summed E-state index contributed by atoms with van der Waals surface area (Å²) in [6.45, 7) is 4.95. The Morgan fingerprint density at radius 1 is 1.12 bits per heavy atom. The first-order valence-corrected chi connectivity index (χ1v) is 7.38. The molecule has 1 aromatic rings. The summed E-state index contributed by atoms with van der Waals surface area (Å²) in [5.74, 6) is -2.63. The van der Waals surface area contributed by atoms with Crippen LogP contribution >= 0.6 is 0 Å². The first-order valence-electron chi connectivity index (χ1n) is 7.38. The molecule has 1 aliphatic rings. The predicted octanol–water partition coefficient (Wildman–Crippen LogP) is 2.99. The number of aromatic hydroxyl groups is 2. The Kier molecular flexibility index (Phi) is 4.87. The normalized spacial score (nSPS) is 14.1. The summed E-state index contributed by atoms with van der Waals surface area (Å²) < 4.78 is 5.21. The lowest BCUT2D eigenvalue weighted by Gasteiger charge is -2.21. The molecule has 2 rings (SSSR count). The molecule has 2 N–H and O–H groups in total. The highest BCUT2D eigenvalue weighted by Gasteiger charge is 2.31. The molecule has 1 atom stereocenters. The third-order valence-electron chi connectivity index (χ3n) is 3.58. The Labute approximate surface area is 139 Å². The molecule has 1 aliphatic carbocycles. The molecule has 0 fully saturated rings. The van der Waals surface area contributed by atoms with Crippen molar-refractivity contribution in [2.24, 2.45) is 0 Å². The van der Waals surface area contributed by atoms with Gasteiger partial charge in [0.2, 0.25) is 0 Å². The van der Waals surface area contributed by atoms with Gasteiger partial charge in [0.25, 0.3) is 0 Å². The van der Waals surface area contributed by atoms with Crippen molar-refractivity contribution < 1.29 is 29.3 Å². The van der Waals surface area contributed by atoms with Crippen molar-refractivity contribution in [1.29, 1.82) is 0 Å². The average Bonchev–Trinajstić information content (AvgIpc) is 2.49. The first-order chi connectivity index (χ1) is 11.2. The highest BCUT2D eigenvalue weighted by Crippen LogP contribution is 2.40. The Morgan fingerprint density at radius 3 is 2.25 bits per heavy atom. The lowest BCUT2D eigenvalue weighted by Crippen LogP contribution is -2.15. The fraction of sp³-hybridized carbons (Fsp3) is 0.278. The van der Waals surface area contributed by atoms with Crippen molar-refractivity contribution in [2.75, 3.05) is 0 Å². The van der Waals surface area contributed by atoms with Crippen molar-refractivity contribution in [1.82, 2.24) is 0 Å². The summed E-state index contributed by atoms with van der Waals surface area (Å²) in [6.07, 6.45) is 3.24. The molecule has 0 amide bonds. The van der Waals surface area contributed by atoms with Crippen molar-refractivity contribution in [3.05, 3.63) is 46.6 Å². The standard InChI is InChI=1S/C18H18O6/c1-9(2)4-7-15(24-10(3)19)11-8-14(22)16-12(20)5-6-13(21)17(16)18(11)23/h4-6,8,15,22-23H,7H2,1-3H3/t15-/m0/s1. The Bertz CT molecular complexity index is 781. The minimum absolute atomic E-state index is 0.0791. The van der Waals surface area contributed by atoms with E-state index in [-0.39, 0.29) is 23.1 Å². The van der Waals surface area contributed by atoms with Crippen LogP contribution in [-0.2, 0) is 9.53 Å². The number of allylic oxidation sites excluding steroid dienone is 3. The Balaban J connectivity index is 2.61. The molecule has 6 nitrogen and oxygen atoms in total. The molecule has 0 saturated heterocycles. The maximum atomic E-state index is 12.0. The van der Waals surface area contributed by atoms with Crippen LogP contribution in [0, 0.1) is 0 Å². The van der Waals surface area contributed by atoms with E-state index < -0.39 is 35.1 Å². The molecular weight excluding hydrogens is 312 g/mol. The fourth-order valence-corrected chi connectivity index (χ4v) is 2.51. The summed E-state index contributed by atoms with van der Waals surface area (Å²) in [7, 11) is 0. The minimum Gasteiger partial charge on any atom is -0.507 e. The van der Waals surface area contributed by atoms with E-state index in [0.717, 1.165) is 23.8 Å². The zero-order valence-electron chi connectivity index (χ0n) is 13.6. The van der Waals surface area contributed by atoms with E-state index in [9.17, 15) is 24.6 Å². The third kappa shape index (κ3) is 3.37. The molecular formula is C18H18O6. The van der Waals surface area contributed by atoms with Crippen LogP contribution in [0.4, 0.5) is 0 Å². The lowest BCUT2D eigenvalue weighted by molar-refractivity contribution is -0.146. The van der Waals surface area contributed by atoms with Crippen molar-refractivity contribution >= 4 is 17.5 Å². The molecule has 6 heteroatoms. The second kappa shape index (κ2) is 6.70. The van der Waals surface area contributed by atoms with Gasteiger partial charge in [0.1, 0.15) is 17.6 Å². The van der Waals surface area contributed by atoms with E-state index in [1.807, 2.05) is 13.8 Å². The number of fused-ring (bicyclic) bond motifs is 1. The SMILES string of the molecule is CC(=O)O[C@@H](CC=C(C)C)c1cc(O)c2c(c1O)C(=O)C=CC2=O. The van der Waals surface area contributed by atoms with Gasteiger partial charge in [0, 0.05) is 18.9 Å². The number of ether oxygens (including phenoxy) is 1. The Morgan fingerprint density at radius 2 is 1.71 bits per heavy atom. The molecule has 0 radical (unpaired) electrons. The van der Waals surface area contributed by atoms with Gasteiger partial charge in [-0.25, -0.2) is 0 Å². The van der Waals surface area contributed by atoms with Crippen LogP contribution in [0.2, 0.25) is 0 Å². The van der Waals surface area contributed by atoms with E-state index >= 15 is 0 Å². The molecule has 1 aromatic carbocycles. The number of rotatable bonds is 4. The zero-order chi connectivity index (χ0) is 18.0. The third-order valence-corrected chi connectivity index (χ3v) is 3.58. The van der Waals surface area contributed by atoms with Gasteiger partial charge < -0.3 is 14.9 Å². The van der Waals surface area contributed by atoms with E-state index in [4.69, 9.17) is 4.74 Å². The summed E-state index contributed by atoms with van der Waals surface area (Å²) in [5.41, 5.74) is 0.540. The van der Waals surface area contributed by atoms with Gasteiger partial charge in [-0.05, 0) is 32.1 Å². The van der Waals surface area contributed by atoms with Crippen LogP contribution in [0.3, 0.4) is 0 Å². The van der Waals surface area contributed by atoms with Gasteiger partial charge in [-0.2, -0.15) is 0 Å². The number of phenols is 2. The van der Waals surface area contributed by atoms with Gasteiger partial charge in [0.05, 0.1) is 11.1 Å². The molecule has 0 heterocycles. The number of benzene rings is 1. The molecule has 0 saturated carbocycles. The first kappa shape index (κ1) is 17.5. The molecule has 24 heavy (non-hydrogen) atoms. The molecule has 0 spiro atoms.